The molecule has 0 aliphatic rings. The van der Waals surface area contributed by atoms with Gasteiger partial charge in [0.2, 0.25) is 0 Å². The fraction of sp³-hybridized carbons (Fsp3) is 0.435. The van der Waals surface area contributed by atoms with E-state index in [1.165, 1.54) is 11.1 Å². The van der Waals surface area contributed by atoms with Gasteiger partial charge in [-0.2, -0.15) is 0 Å². The molecule has 2 rings (SSSR count). The first kappa shape index (κ1) is 18.4. The van der Waals surface area contributed by atoms with Gasteiger partial charge >= 0.3 is 0 Å². The van der Waals surface area contributed by atoms with Crippen molar-refractivity contribution in [3.05, 3.63) is 70.8 Å². The summed E-state index contributed by atoms with van der Waals surface area (Å²) in [5.74, 6) is -0.0146. The molecule has 0 aliphatic heterocycles. The Hall–Kier alpha value is -1.89. The van der Waals surface area contributed by atoms with E-state index in [2.05, 4.69) is 77.9 Å². The van der Waals surface area contributed by atoms with Crippen LogP contribution >= 0.6 is 0 Å². The number of hydrogen-bond acceptors (Lipinski definition) is 1. The Kier molecular flexibility index (Phi) is 5.03. The van der Waals surface area contributed by atoms with Crippen LogP contribution < -0.4 is 0 Å². The highest BCUT2D eigenvalue weighted by atomic mass is 16.1. The van der Waals surface area contributed by atoms with Crippen molar-refractivity contribution in [3.63, 3.8) is 0 Å². The van der Waals surface area contributed by atoms with Gasteiger partial charge in [-0.05, 0) is 40.0 Å². The highest BCUT2D eigenvalue weighted by Crippen LogP contribution is 2.38. The SMILES string of the molecule is CC(=O)C(c1ccccc1C(C)(C)C)c1ccccc1C(C)(C)C. The van der Waals surface area contributed by atoms with Crippen LogP contribution in [0.4, 0.5) is 0 Å². The van der Waals surface area contributed by atoms with Crippen molar-refractivity contribution in [2.75, 3.05) is 0 Å². The van der Waals surface area contributed by atoms with Crippen LogP contribution in [0, 0.1) is 0 Å². The summed E-state index contributed by atoms with van der Waals surface area (Å²) in [4.78, 5) is 12.7. The summed E-state index contributed by atoms with van der Waals surface area (Å²) in [7, 11) is 0. The van der Waals surface area contributed by atoms with Gasteiger partial charge in [0.25, 0.3) is 0 Å². The van der Waals surface area contributed by atoms with Crippen LogP contribution in [0.25, 0.3) is 0 Å². The van der Waals surface area contributed by atoms with Crippen molar-refractivity contribution in [1.82, 2.24) is 0 Å². The van der Waals surface area contributed by atoms with Gasteiger partial charge in [-0.25, -0.2) is 0 Å². The molecule has 1 nitrogen and oxygen atoms in total. The summed E-state index contributed by atoms with van der Waals surface area (Å²) < 4.78 is 0. The minimum atomic E-state index is -0.212. The van der Waals surface area contributed by atoms with E-state index < -0.39 is 0 Å². The van der Waals surface area contributed by atoms with Crippen molar-refractivity contribution >= 4 is 5.78 Å². The lowest BCUT2D eigenvalue weighted by Crippen LogP contribution is -2.23. The molecule has 0 amide bonds. The zero-order valence-corrected chi connectivity index (χ0v) is 16.1. The summed E-state index contributed by atoms with van der Waals surface area (Å²) in [6.45, 7) is 15.0. The van der Waals surface area contributed by atoms with E-state index in [-0.39, 0.29) is 22.5 Å². The molecular weight excluding hydrogens is 292 g/mol. The maximum Gasteiger partial charge on any atom is 0.141 e. The minimum absolute atomic E-state index is 0.000962. The van der Waals surface area contributed by atoms with E-state index in [0.29, 0.717) is 0 Å². The Morgan fingerprint density at radius 2 is 1.04 bits per heavy atom. The Morgan fingerprint density at radius 3 is 1.33 bits per heavy atom. The van der Waals surface area contributed by atoms with E-state index in [0.717, 1.165) is 11.1 Å². The maximum atomic E-state index is 12.7. The fourth-order valence-corrected chi connectivity index (χ4v) is 3.47. The first-order chi connectivity index (χ1) is 11.0. The molecule has 0 heterocycles. The van der Waals surface area contributed by atoms with E-state index >= 15 is 0 Å². The Balaban J connectivity index is 2.74. The van der Waals surface area contributed by atoms with E-state index in [9.17, 15) is 4.79 Å². The molecule has 2 aromatic rings. The topological polar surface area (TPSA) is 17.1 Å². The average Bonchev–Trinajstić information content (AvgIpc) is 2.46. The van der Waals surface area contributed by atoms with Crippen LogP contribution in [-0.4, -0.2) is 5.78 Å². The monoisotopic (exact) mass is 322 g/mol. The number of benzene rings is 2. The second kappa shape index (κ2) is 6.55. The molecule has 0 spiro atoms. The third kappa shape index (κ3) is 3.77. The molecular formula is C23H30O. The van der Waals surface area contributed by atoms with Crippen LogP contribution in [0.5, 0.6) is 0 Å². The molecule has 0 radical (unpaired) electrons. The summed E-state index contributed by atoms with van der Waals surface area (Å²) >= 11 is 0. The lowest BCUT2D eigenvalue weighted by atomic mass is 9.73. The third-order valence-corrected chi connectivity index (χ3v) is 4.57. The van der Waals surface area contributed by atoms with Crippen LogP contribution in [0.1, 0.15) is 76.6 Å². The lowest BCUT2D eigenvalue weighted by molar-refractivity contribution is -0.117. The zero-order chi connectivity index (χ0) is 18.1. The van der Waals surface area contributed by atoms with Gasteiger partial charge < -0.3 is 0 Å². The van der Waals surface area contributed by atoms with Crippen LogP contribution in [-0.2, 0) is 15.6 Å². The highest BCUT2D eigenvalue weighted by molar-refractivity contribution is 5.88. The first-order valence-corrected chi connectivity index (χ1v) is 8.72. The molecule has 0 aromatic heterocycles. The van der Waals surface area contributed by atoms with Crippen LogP contribution in [0.2, 0.25) is 0 Å². The van der Waals surface area contributed by atoms with Crippen LogP contribution in [0.3, 0.4) is 0 Å². The number of carbonyl (C=O) groups excluding carboxylic acids is 1. The largest absolute Gasteiger partial charge is 0.299 e. The summed E-state index contributed by atoms with van der Waals surface area (Å²) in [5, 5.41) is 0. The zero-order valence-electron chi connectivity index (χ0n) is 16.1. The molecule has 0 fully saturated rings. The number of hydrogen-bond donors (Lipinski definition) is 0. The number of carbonyl (C=O) groups is 1. The molecule has 24 heavy (non-hydrogen) atoms. The molecule has 1 heteroatoms. The highest BCUT2D eigenvalue weighted by Gasteiger charge is 2.30. The quantitative estimate of drug-likeness (QED) is 0.677. The van der Waals surface area contributed by atoms with Crippen molar-refractivity contribution in [1.29, 1.82) is 0 Å². The van der Waals surface area contributed by atoms with E-state index in [1.54, 1.807) is 6.92 Å². The molecule has 0 unspecified atom stereocenters. The molecule has 0 saturated carbocycles. The van der Waals surface area contributed by atoms with Crippen molar-refractivity contribution in [2.24, 2.45) is 0 Å². The lowest BCUT2D eigenvalue weighted by Gasteiger charge is -2.30. The van der Waals surface area contributed by atoms with Gasteiger partial charge in [0, 0.05) is 0 Å². The normalized spacial score (nSPS) is 12.5. The molecule has 128 valence electrons. The Labute approximate surface area is 147 Å². The van der Waals surface area contributed by atoms with Crippen molar-refractivity contribution in [2.45, 2.75) is 65.2 Å². The number of rotatable bonds is 3. The predicted molar refractivity (Wildman–Crippen MR) is 103 cm³/mol. The first-order valence-electron chi connectivity index (χ1n) is 8.72. The van der Waals surface area contributed by atoms with Gasteiger partial charge in [0.15, 0.2) is 0 Å². The molecule has 0 N–H and O–H groups in total. The van der Waals surface area contributed by atoms with Gasteiger partial charge in [0.05, 0.1) is 5.92 Å². The predicted octanol–water partition coefficient (Wildman–Crippen LogP) is 6.00. The third-order valence-electron chi connectivity index (χ3n) is 4.57. The van der Waals surface area contributed by atoms with Gasteiger partial charge in [-0.3, -0.25) is 4.79 Å². The van der Waals surface area contributed by atoms with Crippen molar-refractivity contribution in [3.8, 4) is 0 Å². The molecule has 2 aromatic carbocycles. The van der Waals surface area contributed by atoms with Gasteiger partial charge in [0.1, 0.15) is 5.78 Å². The maximum absolute atomic E-state index is 12.7. The molecule has 0 bridgehead atoms. The fourth-order valence-electron chi connectivity index (χ4n) is 3.47. The molecule has 0 atom stereocenters. The standard InChI is InChI=1S/C23H30O/c1-16(24)21(17-12-8-10-14-19(17)22(2,3)4)18-13-9-11-15-20(18)23(5,6)7/h8-15,21H,1-7H3. The van der Waals surface area contributed by atoms with E-state index in [4.69, 9.17) is 0 Å². The summed E-state index contributed by atoms with van der Waals surface area (Å²) in [6, 6.07) is 16.8. The summed E-state index contributed by atoms with van der Waals surface area (Å²) in [6.07, 6.45) is 0. The van der Waals surface area contributed by atoms with Crippen molar-refractivity contribution < 1.29 is 4.79 Å². The second-order valence-electron chi connectivity index (χ2n) is 8.72. The number of Topliss-reactive ketones (excluding diaryl/α,β-unsaturated/α-hetero) is 1. The Morgan fingerprint density at radius 1 is 0.708 bits per heavy atom. The van der Waals surface area contributed by atoms with Gasteiger partial charge in [-0.1, -0.05) is 90.1 Å². The van der Waals surface area contributed by atoms with Gasteiger partial charge in [-0.15, -0.1) is 0 Å². The average molecular weight is 322 g/mol. The minimum Gasteiger partial charge on any atom is -0.299 e. The van der Waals surface area contributed by atoms with E-state index in [1.807, 2.05) is 12.1 Å². The summed E-state index contributed by atoms with van der Waals surface area (Å²) in [5.41, 5.74) is 4.76. The van der Waals surface area contributed by atoms with Crippen LogP contribution in [0.15, 0.2) is 48.5 Å². The number of ketones is 1. The second-order valence-corrected chi connectivity index (χ2v) is 8.72. The molecule has 0 saturated heterocycles. The molecule has 0 aliphatic carbocycles. The smallest absolute Gasteiger partial charge is 0.141 e. The Bertz CT molecular complexity index is 669.